The van der Waals surface area contributed by atoms with Gasteiger partial charge in [-0.05, 0) is 37.3 Å². The highest BCUT2D eigenvalue weighted by molar-refractivity contribution is 5.74. The molecule has 0 aromatic heterocycles. The standard InChI is InChI=1S/C13H17NO2/c15-13(16)12(11-6-7-11)14-9-8-10-4-2-1-3-5-10/h1-5,11-12,14H,6-9H2,(H,15,16). The first-order chi connectivity index (χ1) is 7.77. The van der Waals surface area contributed by atoms with E-state index < -0.39 is 5.97 Å². The fraction of sp³-hybridized carbons (Fsp3) is 0.462. The van der Waals surface area contributed by atoms with Crippen molar-refractivity contribution in [3.63, 3.8) is 0 Å². The topological polar surface area (TPSA) is 49.3 Å². The van der Waals surface area contributed by atoms with E-state index in [1.165, 1.54) is 5.56 Å². The number of aliphatic carboxylic acids is 1. The summed E-state index contributed by atoms with van der Waals surface area (Å²) in [4.78, 5) is 11.0. The lowest BCUT2D eigenvalue weighted by atomic mass is 10.1. The predicted octanol–water partition coefficient (Wildman–Crippen LogP) is 1.68. The van der Waals surface area contributed by atoms with E-state index in [-0.39, 0.29) is 6.04 Å². The molecule has 1 atom stereocenters. The summed E-state index contributed by atoms with van der Waals surface area (Å²) < 4.78 is 0. The number of hydrogen-bond donors (Lipinski definition) is 2. The van der Waals surface area contributed by atoms with Gasteiger partial charge < -0.3 is 10.4 Å². The van der Waals surface area contributed by atoms with Crippen LogP contribution < -0.4 is 5.32 Å². The van der Waals surface area contributed by atoms with Crippen LogP contribution in [-0.2, 0) is 11.2 Å². The van der Waals surface area contributed by atoms with Crippen molar-refractivity contribution in [2.45, 2.75) is 25.3 Å². The molecule has 1 aromatic carbocycles. The maximum absolute atomic E-state index is 11.0. The molecule has 0 spiro atoms. The summed E-state index contributed by atoms with van der Waals surface area (Å²) in [6, 6.07) is 9.78. The van der Waals surface area contributed by atoms with E-state index in [2.05, 4.69) is 17.4 Å². The van der Waals surface area contributed by atoms with Gasteiger partial charge in [0.15, 0.2) is 0 Å². The number of hydrogen-bond acceptors (Lipinski definition) is 2. The van der Waals surface area contributed by atoms with Gasteiger partial charge in [0.1, 0.15) is 6.04 Å². The summed E-state index contributed by atoms with van der Waals surface area (Å²) in [7, 11) is 0. The lowest BCUT2D eigenvalue weighted by molar-refractivity contribution is -0.140. The minimum absolute atomic E-state index is 0.344. The van der Waals surface area contributed by atoms with Crippen molar-refractivity contribution in [2.75, 3.05) is 6.54 Å². The molecule has 1 saturated carbocycles. The van der Waals surface area contributed by atoms with Crippen molar-refractivity contribution < 1.29 is 9.90 Å². The van der Waals surface area contributed by atoms with Crippen molar-refractivity contribution in [2.24, 2.45) is 5.92 Å². The number of nitrogens with one attached hydrogen (secondary N) is 1. The second kappa shape index (κ2) is 5.12. The molecule has 1 aliphatic rings. The molecule has 3 nitrogen and oxygen atoms in total. The van der Waals surface area contributed by atoms with Gasteiger partial charge in [0.25, 0.3) is 0 Å². The Morgan fingerprint density at radius 1 is 1.38 bits per heavy atom. The zero-order valence-corrected chi connectivity index (χ0v) is 9.23. The van der Waals surface area contributed by atoms with Crippen LogP contribution in [0.3, 0.4) is 0 Å². The fourth-order valence-corrected chi connectivity index (χ4v) is 1.90. The van der Waals surface area contributed by atoms with Gasteiger partial charge in [0.05, 0.1) is 0 Å². The molecule has 1 unspecified atom stereocenters. The maximum Gasteiger partial charge on any atom is 0.320 e. The lowest BCUT2D eigenvalue weighted by Gasteiger charge is -2.13. The number of carbonyl (C=O) groups is 1. The first kappa shape index (κ1) is 11.1. The van der Waals surface area contributed by atoms with Crippen LogP contribution >= 0.6 is 0 Å². The molecular weight excluding hydrogens is 202 g/mol. The van der Waals surface area contributed by atoms with Crippen molar-refractivity contribution in [3.05, 3.63) is 35.9 Å². The Bertz CT molecular complexity index is 346. The molecule has 0 heterocycles. The minimum Gasteiger partial charge on any atom is -0.480 e. The SMILES string of the molecule is O=C(O)C(NCCc1ccccc1)C1CC1. The lowest BCUT2D eigenvalue weighted by Crippen LogP contribution is -2.39. The molecule has 86 valence electrons. The molecule has 0 amide bonds. The van der Waals surface area contributed by atoms with Crippen LogP contribution in [0.4, 0.5) is 0 Å². The quantitative estimate of drug-likeness (QED) is 0.765. The Labute approximate surface area is 95.5 Å². The normalized spacial score (nSPS) is 17.0. The molecule has 1 aliphatic carbocycles. The molecule has 3 heteroatoms. The summed E-state index contributed by atoms with van der Waals surface area (Å²) in [6.45, 7) is 0.734. The molecule has 1 aromatic rings. The van der Waals surface area contributed by atoms with Gasteiger partial charge in [-0.25, -0.2) is 0 Å². The van der Waals surface area contributed by atoms with Crippen molar-refractivity contribution in [1.82, 2.24) is 5.32 Å². The Morgan fingerprint density at radius 2 is 2.06 bits per heavy atom. The molecule has 16 heavy (non-hydrogen) atoms. The average molecular weight is 219 g/mol. The second-order valence-electron chi connectivity index (χ2n) is 4.34. The van der Waals surface area contributed by atoms with Gasteiger partial charge in [-0.3, -0.25) is 4.79 Å². The van der Waals surface area contributed by atoms with Crippen LogP contribution in [0.25, 0.3) is 0 Å². The number of carboxylic acids is 1. The van der Waals surface area contributed by atoms with E-state index in [1.54, 1.807) is 0 Å². The highest BCUT2D eigenvalue weighted by atomic mass is 16.4. The van der Waals surface area contributed by atoms with Crippen LogP contribution in [0.1, 0.15) is 18.4 Å². The Hall–Kier alpha value is -1.35. The van der Waals surface area contributed by atoms with E-state index >= 15 is 0 Å². The van der Waals surface area contributed by atoms with Crippen LogP contribution in [0.5, 0.6) is 0 Å². The third-order valence-electron chi connectivity index (χ3n) is 2.98. The molecule has 0 saturated heterocycles. The fourth-order valence-electron chi connectivity index (χ4n) is 1.90. The largest absolute Gasteiger partial charge is 0.480 e. The molecule has 0 radical (unpaired) electrons. The van der Waals surface area contributed by atoms with E-state index in [0.717, 1.165) is 25.8 Å². The average Bonchev–Trinajstić information content (AvgIpc) is 3.09. The smallest absolute Gasteiger partial charge is 0.320 e. The van der Waals surface area contributed by atoms with Gasteiger partial charge in [-0.2, -0.15) is 0 Å². The first-order valence-electron chi connectivity index (χ1n) is 5.77. The maximum atomic E-state index is 11.0. The van der Waals surface area contributed by atoms with Gasteiger partial charge >= 0.3 is 5.97 Å². The molecule has 1 fully saturated rings. The zero-order chi connectivity index (χ0) is 11.4. The first-order valence-corrected chi connectivity index (χ1v) is 5.77. The van der Waals surface area contributed by atoms with E-state index in [4.69, 9.17) is 5.11 Å². The van der Waals surface area contributed by atoms with Gasteiger partial charge in [0, 0.05) is 0 Å². The molecule has 0 bridgehead atoms. The summed E-state index contributed by atoms with van der Waals surface area (Å²) in [5.74, 6) is -0.358. The van der Waals surface area contributed by atoms with Crippen LogP contribution in [0, 0.1) is 5.92 Å². The number of benzene rings is 1. The summed E-state index contributed by atoms with van der Waals surface area (Å²) >= 11 is 0. The van der Waals surface area contributed by atoms with E-state index in [9.17, 15) is 4.79 Å². The van der Waals surface area contributed by atoms with Crippen molar-refractivity contribution in [1.29, 1.82) is 0 Å². The number of carboxylic acid groups (broad SMARTS) is 1. The van der Waals surface area contributed by atoms with Crippen LogP contribution in [0.15, 0.2) is 30.3 Å². The molecule has 2 N–H and O–H groups in total. The summed E-state index contributed by atoms with van der Waals surface area (Å²) in [5, 5.41) is 12.1. The second-order valence-corrected chi connectivity index (χ2v) is 4.34. The van der Waals surface area contributed by atoms with Crippen molar-refractivity contribution in [3.8, 4) is 0 Å². The third kappa shape index (κ3) is 3.07. The van der Waals surface area contributed by atoms with Gasteiger partial charge in [-0.1, -0.05) is 30.3 Å². The Morgan fingerprint density at radius 3 is 2.62 bits per heavy atom. The summed E-state index contributed by atoms with van der Waals surface area (Å²) in [6.07, 6.45) is 2.99. The van der Waals surface area contributed by atoms with Crippen molar-refractivity contribution >= 4 is 5.97 Å². The minimum atomic E-state index is -0.712. The van der Waals surface area contributed by atoms with Gasteiger partial charge in [-0.15, -0.1) is 0 Å². The Kier molecular flexibility index (Phi) is 3.57. The molecular formula is C13H17NO2. The Balaban J connectivity index is 1.76. The van der Waals surface area contributed by atoms with E-state index in [0.29, 0.717) is 5.92 Å². The summed E-state index contributed by atoms with van der Waals surface area (Å²) in [5.41, 5.74) is 1.25. The van der Waals surface area contributed by atoms with Crippen LogP contribution in [-0.4, -0.2) is 23.7 Å². The molecule has 0 aliphatic heterocycles. The highest BCUT2D eigenvalue weighted by Gasteiger charge is 2.35. The third-order valence-corrected chi connectivity index (χ3v) is 2.98. The highest BCUT2D eigenvalue weighted by Crippen LogP contribution is 2.32. The van der Waals surface area contributed by atoms with Crippen LogP contribution in [0.2, 0.25) is 0 Å². The zero-order valence-electron chi connectivity index (χ0n) is 9.23. The monoisotopic (exact) mass is 219 g/mol. The molecule has 2 rings (SSSR count). The van der Waals surface area contributed by atoms with E-state index in [1.807, 2.05) is 18.2 Å². The van der Waals surface area contributed by atoms with Gasteiger partial charge in [0.2, 0.25) is 0 Å². The number of rotatable bonds is 6. The predicted molar refractivity (Wildman–Crippen MR) is 62.3 cm³/mol.